The van der Waals surface area contributed by atoms with Gasteiger partial charge >= 0.3 is 0 Å². The molecule has 0 radical (unpaired) electrons. The van der Waals surface area contributed by atoms with Crippen LogP contribution in [0.15, 0.2) is 57.4 Å². The van der Waals surface area contributed by atoms with Crippen LogP contribution < -0.4 is 5.43 Å². The fourth-order valence-corrected chi connectivity index (χ4v) is 2.89. The summed E-state index contributed by atoms with van der Waals surface area (Å²) in [5, 5.41) is 6.47. The summed E-state index contributed by atoms with van der Waals surface area (Å²) in [5.74, 6) is -1.33. The van der Waals surface area contributed by atoms with E-state index in [1.54, 1.807) is 0 Å². The summed E-state index contributed by atoms with van der Waals surface area (Å²) in [7, 11) is 0. The summed E-state index contributed by atoms with van der Waals surface area (Å²) in [6.07, 6.45) is 1.33. The van der Waals surface area contributed by atoms with Gasteiger partial charge in [-0.25, -0.2) is 13.8 Å². The lowest BCUT2D eigenvalue weighted by Gasteiger charge is -2.00. The molecule has 116 valence electrons. The molecule has 0 fully saturated rings. The first kappa shape index (κ1) is 15.8. The minimum Gasteiger partial charge on any atom is -0.253 e. The number of anilines is 1. The van der Waals surface area contributed by atoms with Crippen molar-refractivity contribution in [3.8, 4) is 11.3 Å². The minimum atomic E-state index is -0.674. The lowest BCUT2D eigenvalue weighted by Crippen LogP contribution is -1.94. The van der Waals surface area contributed by atoms with Crippen molar-refractivity contribution in [2.75, 3.05) is 5.43 Å². The highest BCUT2D eigenvalue weighted by atomic mass is 79.9. The Balaban J connectivity index is 1.73. The molecular formula is C16H10BrF2N3S. The Hall–Kier alpha value is -2.12. The third-order valence-electron chi connectivity index (χ3n) is 2.96. The molecule has 1 heterocycles. The quantitative estimate of drug-likeness (QED) is 0.371. The summed E-state index contributed by atoms with van der Waals surface area (Å²) in [6.45, 7) is 0. The van der Waals surface area contributed by atoms with Crippen molar-refractivity contribution >= 4 is 38.6 Å². The van der Waals surface area contributed by atoms with Gasteiger partial charge in [0.1, 0.15) is 11.6 Å². The van der Waals surface area contributed by atoms with Crippen LogP contribution in [-0.4, -0.2) is 11.2 Å². The van der Waals surface area contributed by atoms with E-state index in [1.807, 2.05) is 35.7 Å². The maximum Gasteiger partial charge on any atom is 0.203 e. The molecule has 3 aromatic rings. The predicted octanol–water partition coefficient (Wildman–Crippen LogP) is 5.30. The fourth-order valence-electron chi connectivity index (χ4n) is 1.89. The zero-order chi connectivity index (χ0) is 16.2. The van der Waals surface area contributed by atoms with Gasteiger partial charge in [0.2, 0.25) is 5.13 Å². The zero-order valence-electron chi connectivity index (χ0n) is 11.6. The highest BCUT2D eigenvalue weighted by Gasteiger charge is 2.07. The molecule has 0 spiro atoms. The van der Waals surface area contributed by atoms with Crippen molar-refractivity contribution in [2.24, 2.45) is 5.10 Å². The molecule has 1 N–H and O–H groups in total. The van der Waals surface area contributed by atoms with Gasteiger partial charge in [-0.15, -0.1) is 11.3 Å². The van der Waals surface area contributed by atoms with Crippen LogP contribution in [0.4, 0.5) is 13.9 Å². The normalized spacial score (nSPS) is 11.1. The largest absolute Gasteiger partial charge is 0.253 e. The van der Waals surface area contributed by atoms with Crippen molar-refractivity contribution in [2.45, 2.75) is 0 Å². The number of thiazole rings is 1. The molecule has 0 aliphatic heterocycles. The van der Waals surface area contributed by atoms with Gasteiger partial charge < -0.3 is 0 Å². The zero-order valence-corrected chi connectivity index (χ0v) is 14.0. The molecule has 0 atom stereocenters. The molecule has 0 unspecified atom stereocenters. The van der Waals surface area contributed by atoms with E-state index in [4.69, 9.17) is 0 Å². The summed E-state index contributed by atoms with van der Waals surface area (Å²) >= 11 is 4.46. The number of benzene rings is 2. The van der Waals surface area contributed by atoms with Crippen LogP contribution in [0.3, 0.4) is 0 Å². The Morgan fingerprint density at radius 3 is 2.74 bits per heavy atom. The van der Waals surface area contributed by atoms with Gasteiger partial charge in [-0.05, 0) is 22.0 Å². The van der Waals surface area contributed by atoms with Gasteiger partial charge in [0.25, 0.3) is 0 Å². The van der Waals surface area contributed by atoms with Crippen LogP contribution in [0.5, 0.6) is 0 Å². The Morgan fingerprint density at radius 1 is 1.17 bits per heavy atom. The van der Waals surface area contributed by atoms with Gasteiger partial charge in [0.05, 0.1) is 16.4 Å². The molecule has 0 saturated heterocycles. The van der Waals surface area contributed by atoms with Crippen LogP contribution in [-0.2, 0) is 0 Å². The van der Waals surface area contributed by atoms with E-state index < -0.39 is 11.6 Å². The van der Waals surface area contributed by atoms with Crippen molar-refractivity contribution in [3.05, 3.63) is 69.5 Å². The second-order valence-corrected chi connectivity index (χ2v) is 6.22. The molecule has 1 aromatic heterocycles. The summed E-state index contributed by atoms with van der Waals surface area (Å²) in [6, 6.07) is 11.8. The summed E-state index contributed by atoms with van der Waals surface area (Å²) in [5.41, 5.74) is 4.91. The van der Waals surface area contributed by atoms with E-state index in [1.165, 1.54) is 23.6 Å². The smallest absolute Gasteiger partial charge is 0.203 e. The number of halogens is 3. The molecule has 0 bridgehead atoms. The Bertz CT molecular complexity index is 850. The molecule has 3 rings (SSSR count). The molecule has 2 aromatic carbocycles. The van der Waals surface area contributed by atoms with Crippen molar-refractivity contribution in [3.63, 3.8) is 0 Å². The fraction of sp³-hybridized carbons (Fsp3) is 0. The molecule has 0 aliphatic rings. The summed E-state index contributed by atoms with van der Waals surface area (Å²) < 4.78 is 26.8. The Kier molecular flexibility index (Phi) is 4.78. The van der Waals surface area contributed by atoms with Crippen molar-refractivity contribution < 1.29 is 8.78 Å². The minimum absolute atomic E-state index is 0.161. The highest BCUT2D eigenvalue weighted by molar-refractivity contribution is 9.10. The SMILES string of the molecule is Fc1cc(F)c(Br)c(C=NNc2nc(-c3ccccc3)cs2)c1. The highest BCUT2D eigenvalue weighted by Crippen LogP contribution is 2.25. The predicted molar refractivity (Wildman–Crippen MR) is 92.8 cm³/mol. The number of rotatable bonds is 4. The van der Waals surface area contributed by atoms with Crippen molar-refractivity contribution in [1.29, 1.82) is 0 Å². The molecule has 23 heavy (non-hydrogen) atoms. The lowest BCUT2D eigenvalue weighted by molar-refractivity contribution is 0.578. The Labute approximate surface area is 143 Å². The van der Waals surface area contributed by atoms with E-state index >= 15 is 0 Å². The average Bonchev–Trinajstić information content (AvgIpc) is 3.02. The second kappa shape index (κ2) is 6.97. The molecule has 0 amide bonds. The van der Waals surface area contributed by atoms with E-state index in [0.717, 1.165) is 17.3 Å². The van der Waals surface area contributed by atoms with Crippen molar-refractivity contribution in [1.82, 2.24) is 4.98 Å². The molecule has 0 saturated carbocycles. The molecule has 7 heteroatoms. The molecular weight excluding hydrogens is 384 g/mol. The Morgan fingerprint density at radius 2 is 1.96 bits per heavy atom. The van der Waals surface area contributed by atoms with Gasteiger partial charge in [-0.3, -0.25) is 5.43 Å². The van der Waals surface area contributed by atoms with E-state index in [9.17, 15) is 8.78 Å². The first-order valence-corrected chi connectivity index (χ1v) is 8.25. The van der Waals surface area contributed by atoms with E-state index in [-0.39, 0.29) is 4.47 Å². The van der Waals surface area contributed by atoms with Gasteiger partial charge in [0, 0.05) is 22.6 Å². The number of hydrogen-bond acceptors (Lipinski definition) is 4. The summed E-state index contributed by atoms with van der Waals surface area (Å²) in [4.78, 5) is 4.40. The third kappa shape index (κ3) is 3.80. The number of aromatic nitrogens is 1. The second-order valence-electron chi connectivity index (χ2n) is 4.56. The lowest BCUT2D eigenvalue weighted by atomic mass is 10.2. The van der Waals surface area contributed by atoms with Gasteiger partial charge in [0.15, 0.2) is 0 Å². The first-order chi connectivity index (χ1) is 11.1. The van der Waals surface area contributed by atoms with Gasteiger partial charge in [-0.1, -0.05) is 30.3 Å². The first-order valence-electron chi connectivity index (χ1n) is 6.58. The monoisotopic (exact) mass is 393 g/mol. The number of nitrogens with one attached hydrogen (secondary N) is 1. The maximum absolute atomic E-state index is 13.4. The van der Waals surface area contributed by atoms with Crippen LogP contribution in [0.1, 0.15) is 5.56 Å². The van der Waals surface area contributed by atoms with E-state index in [2.05, 4.69) is 31.4 Å². The van der Waals surface area contributed by atoms with E-state index in [0.29, 0.717) is 10.7 Å². The topological polar surface area (TPSA) is 37.3 Å². The average molecular weight is 394 g/mol. The van der Waals surface area contributed by atoms with Crippen LogP contribution in [0.25, 0.3) is 11.3 Å². The number of hydrazone groups is 1. The van der Waals surface area contributed by atoms with Crippen LogP contribution in [0, 0.1) is 11.6 Å². The van der Waals surface area contributed by atoms with Crippen LogP contribution in [0.2, 0.25) is 0 Å². The maximum atomic E-state index is 13.4. The standard InChI is InChI=1S/C16H10BrF2N3S/c17-15-11(6-12(18)7-13(15)19)8-20-22-16-21-14(9-23-16)10-4-2-1-3-5-10/h1-9H,(H,21,22). The molecule has 3 nitrogen and oxygen atoms in total. The third-order valence-corrected chi connectivity index (χ3v) is 4.54. The van der Waals surface area contributed by atoms with Crippen LogP contribution >= 0.6 is 27.3 Å². The number of nitrogens with zero attached hydrogens (tertiary/aromatic N) is 2. The molecule has 0 aliphatic carbocycles. The van der Waals surface area contributed by atoms with Gasteiger partial charge in [-0.2, -0.15) is 5.10 Å². The number of hydrogen-bond donors (Lipinski definition) is 1.